The van der Waals surface area contributed by atoms with E-state index in [1.54, 1.807) is 12.1 Å². The minimum absolute atomic E-state index is 0.0324. The van der Waals surface area contributed by atoms with Crippen LogP contribution in [-0.2, 0) is 23.2 Å². The molecule has 1 aromatic carbocycles. The number of primary sulfonamides is 1. The number of hydrogen-bond acceptors (Lipinski definition) is 6. The van der Waals surface area contributed by atoms with Gasteiger partial charge in [-0.25, -0.2) is 17.9 Å². The van der Waals surface area contributed by atoms with Gasteiger partial charge in [0.1, 0.15) is 28.1 Å². The van der Waals surface area contributed by atoms with E-state index >= 15 is 0 Å². The Morgan fingerprint density at radius 3 is 2.56 bits per heavy atom. The fourth-order valence-corrected chi connectivity index (χ4v) is 3.84. The Hall–Kier alpha value is -2.69. The second-order valence-corrected chi connectivity index (χ2v) is 8.41. The van der Waals surface area contributed by atoms with Crippen molar-refractivity contribution in [3.63, 3.8) is 0 Å². The van der Waals surface area contributed by atoms with Crippen molar-refractivity contribution in [2.75, 3.05) is 0 Å². The number of nitrogens with two attached hydrogens (primary N) is 1. The highest BCUT2D eigenvalue weighted by atomic mass is 32.2. The molecular weight excluding hydrogens is 395 g/mol. The van der Waals surface area contributed by atoms with Crippen LogP contribution in [0.3, 0.4) is 0 Å². The molecule has 27 heavy (non-hydrogen) atoms. The van der Waals surface area contributed by atoms with E-state index in [4.69, 9.17) is 14.3 Å². The molecule has 0 radical (unpaired) electrons. The normalized spacial score (nSPS) is 11.3. The van der Waals surface area contributed by atoms with E-state index in [1.165, 1.54) is 36.4 Å². The van der Waals surface area contributed by atoms with E-state index in [0.717, 1.165) is 11.3 Å². The Kier molecular flexibility index (Phi) is 5.59. The second-order valence-electron chi connectivity index (χ2n) is 5.46. The standard InChI is InChI=1S/C17H15FN2O5S2/c18-11-1-3-12(4-2-11)24-10-13-5-7-15(25-13)17(21)20-9-14-6-8-16(26-14)27(19,22)23/h1-8H,9-10H2,(H,20,21)(H2,19,22,23). The van der Waals surface area contributed by atoms with Crippen LogP contribution >= 0.6 is 11.3 Å². The average molecular weight is 410 g/mol. The monoisotopic (exact) mass is 410 g/mol. The number of nitrogens with one attached hydrogen (secondary N) is 1. The molecule has 2 aromatic heterocycles. The van der Waals surface area contributed by atoms with Crippen LogP contribution in [0.2, 0.25) is 0 Å². The molecule has 0 aliphatic heterocycles. The van der Waals surface area contributed by atoms with Gasteiger partial charge in [0.15, 0.2) is 5.76 Å². The molecular formula is C17H15FN2O5S2. The van der Waals surface area contributed by atoms with Crippen LogP contribution < -0.4 is 15.2 Å². The van der Waals surface area contributed by atoms with Crippen LogP contribution in [0.15, 0.2) is 57.2 Å². The Morgan fingerprint density at radius 2 is 1.89 bits per heavy atom. The van der Waals surface area contributed by atoms with Crippen LogP contribution in [-0.4, -0.2) is 14.3 Å². The summed E-state index contributed by atoms with van der Waals surface area (Å²) in [6.45, 7) is 0.225. The molecule has 0 unspecified atom stereocenters. The molecule has 3 N–H and O–H groups in total. The third kappa shape index (κ3) is 5.16. The Labute approximate surface area is 158 Å². The minimum atomic E-state index is -3.75. The van der Waals surface area contributed by atoms with Crippen LogP contribution in [0.5, 0.6) is 5.75 Å². The van der Waals surface area contributed by atoms with E-state index in [2.05, 4.69) is 5.32 Å². The highest BCUT2D eigenvalue weighted by Gasteiger charge is 2.14. The topological polar surface area (TPSA) is 112 Å². The van der Waals surface area contributed by atoms with E-state index < -0.39 is 15.9 Å². The SMILES string of the molecule is NS(=O)(=O)c1ccc(CNC(=O)c2ccc(COc3ccc(F)cc3)o2)s1. The molecule has 1 amide bonds. The molecule has 2 heterocycles. The van der Waals surface area contributed by atoms with E-state index in [0.29, 0.717) is 16.4 Å². The zero-order valence-electron chi connectivity index (χ0n) is 13.8. The van der Waals surface area contributed by atoms with Gasteiger partial charge >= 0.3 is 0 Å². The lowest BCUT2D eigenvalue weighted by Gasteiger charge is -2.04. The molecule has 0 bridgehead atoms. The van der Waals surface area contributed by atoms with Crippen LogP contribution in [0, 0.1) is 5.82 Å². The van der Waals surface area contributed by atoms with Crippen LogP contribution in [0.1, 0.15) is 21.2 Å². The number of thiophene rings is 1. The lowest BCUT2D eigenvalue weighted by atomic mass is 10.3. The number of hydrogen-bond donors (Lipinski definition) is 2. The quantitative estimate of drug-likeness (QED) is 0.622. The molecule has 0 saturated carbocycles. The highest BCUT2D eigenvalue weighted by molar-refractivity contribution is 7.91. The Morgan fingerprint density at radius 1 is 1.15 bits per heavy atom. The summed E-state index contributed by atoms with van der Waals surface area (Å²) in [5, 5.41) is 7.68. The fraction of sp³-hybridized carbons (Fsp3) is 0.118. The maximum Gasteiger partial charge on any atom is 0.287 e. The lowest BCUT2D eigenvalue weighted by Crippen LogP contribution is -2.21. The van der Waals surface area contributed by atoms with Crippen molar-refractivity contribution < 1.29 is 26.8 Å². The number of amides is 1. The van der Waals surface area contributed by atoms with Crippen molar-refractivity contribution in [1.29, 1.82) is 0 Å². The number of ether oxygens (including phenoxy) is 1. The van der Waals surface area contributed by atoms with Crippen molar-refractivity contribution in [2.24, 2.45) is 5.14 Å². The van der Waals surface area contributed by atoms with E-state index in [-0.39, 0.29) is 28.9 Å². The van der Waals surface area contributed by atoms with Crippen molar-refractivity contribution in [3.8, 4) is 5.75 Å². The molecule has 10 heteroatoms. The summed E-state index contributed by atoms with van der Waals surface area (Å²) in [5.74, 6) is 0.185. The number of carbonyl (C=O) groups is 1. The van der Waals surface area contributed by atoms with Crippen molar-refractivity contribution in [1.82, 2.24) is 5.32 Å². The number of rotatable bonds is 7. The summed E-state index contributed by atoms with van der Waals surface area (Å²) in [6, 6.07) is 11.6. The van der Waals surface area contributed by atoms with Gasteiger partial charge in [0.25, 0.3) is 5.91 Å². The largest absolute Gasteiger partial charge is 0.486 e. The summed E-state index contributed by atoms with van der Waals surface area (Å²) < 4.78 is 46.2. The smallest absolute Gasteiger partial charge is 0.287 e. The van der Waals surface area contributed by atoms with Gasteiger partial charge < -0.3 is 14.5 Å². The van der Waals surface area contributed by atoms with Gasteiger partial charge in [-0.1, -0.05) is 0 Å². The van der Waals surface area contributed by atoms with Crippen LogP contribution in [0.4, 0.5) is 4.39 Å². The molecule has 0 saturated heterocycles. The van der Waals surface area contributed by atoms with Gasteiger partial charge in [0.05, 0.1) is 6.54 Å². The molecule has 0 atom stereocenters. The summed E-state index contributed by atoms with van der Waals surface area (Å²) in [7, 11) is -3.75. The zero-order chi connectivity index (χ0) is 19.4. The van der Waals surface area contributed by atoms with Gasteiger partial charge in [0, 0.05) is 4.88 Å². The summed E-state index contributed by atoms with van der Waals surface area (Å²) >= 11 is 0.984. The number of furan rings is 1. The molecule has 3 rings (SSSR count). The maximum absolute atomic E-state index is 12.8. The van der Waals surface area contributed by atoms with Gasteiger partial charge in [-0.15, -0.1) is 11.3 Å². The molecule has 0 aliphatic carbocycles. The number of sulfonamides is 1. The molecule has 0 fully saturated rings. The van der Waals surface area contributed by atoms with Gasteiger partial charge in [-0.2, -0.15) is 0 Å². The molecule has 3 aromatic rings. The summed E-state index contributed by atoms with van der Waals surface area (Å²) in [5.41, 5.74) is 0. The lowest BCUT2D eigenvalue weighted by molar-refractivity contribution is 0.0919. The highest BCUT2D eigenvalue weighted by Crippen LogP contribution is 2.20. The van der Waals surface area contributed by atoms with Crippen molar-refractivity contribution in [3.05, 3.63) is 70.7 Å². The third-order valence-electron chi connectivity index (χ3n) is 3.42. The first-order valence-electron chi connectivity index (χ1n) is 7.68. The first kappa shape index (κ1) is 19.1. The molecule has 0 spiro atoms. The number of benzene rings is 1. The van der Waals surface area contributed by atoms with Gasteiger partial charge in [0.2, 0.25) is 10.0 Å². The van der Waals surface area contributed by atoms with Gasteiger partial charge in [-0.05, 0) is 48.5 Å². The average Bonchev–Trinajstić information content (AvgIpc) is 3.28. The van der Waals surface area contributed by atoms with E-state index in [9.17, 15) is 17.6 Å². The van der Waals surface area contributed by atoms with E-state index in [1.807, 2.05) is 0 Å². The summed E-state index contributed by atoms with van der Waals surface area (Å²) in [6.07, 6.45) is 0. The van der Waals surface area contributed by atoms with Gasteiger partial charge in [-0.3, -0.25) is 4.79 Å². The molecule has 7 nitrogen and oxygen atoms in total. The predicted molar refractivity (Wildman–Crippen MR) is 96.3 cm³/mol. The number of halogens is 1. The molecule has 142 valence electrons. The first-order chi connectivity index (χ1) is 12.8. The second kappa shape index (κ2) is 7.91. The third-order valence-corrected chi connectivity index (χ3v) is 5.94. The maximum atomic E-state index is 12.8. The zero-order valence-corrected chi connectivity index (χ0v) is 15.5. The van der Waals surface area contributed by atoms with Crippen molar-refractivity contribution >= 4 is 27.3 Å². The van der Waals surface area contributed by atoms with Crippen molar-refractivity contribution in [2.45, 2.75) is 17.4 Å². The fourth-order valence-electron chi connectivity index (χ4n) is 2.12. The molecule has 0 aliphatic rings. The summed E-state index contributed by atoms with van der Waals surface area (Å²) in [4.78, 5) is 12.8. The Balaban J connectivity index is 1.53. The Bertz CT molecular complexity index is 1040. The predicted octanol–water partition coefficient (Wildman–Crippen LogP) is 2.64. The number of carbonyl (C=O) groups excluding carboxylic acids is 1. The minimum Gasteiger partial charge on any atom is -0.486 e. The first-order valence-corrected chi connectivity index (χ1v) is 10.0. The van der Waals surface area contributed by atoms with Crippen LogP contribution in [0.25, 0.3) is 0 Å².